The van der Waals surface area contributed by atoms with Gasteiger partial charge in [0.15, 0.2) is 0 Å². The number of nitrogens with zero attached hydrogens (tertiary/aromatic N) is 1. The van der Waals surface area contributed by atoms with Crippen LogP contribution in [0.3, 0.4) is 0 Å². The van der Waals surface area contributed by atoms with E-state index in [4.69, 9.17) is 15.9 Å². The first-order valence-electron chi connectivity index (χ1n) is 11.8. The summed E-state index contributed by atoms with van der Waals surface area (Å²) in [5, 5.41) is 14.0. The standard InChI is InChI=1S/C24H37N5O3/c1-16(28-19-8-4-3-5-9-19)24(31)29-13-7-6-10-20(29)23(30)27-15-18-12-11-17(22(25)26)14-21(18)32-2/h11-12,14,16,19-20,28H,3-10,13,15H2,1-2H3,(H3,25,26)(H,27,30)/t16-,20?/m0/s1. The predicted octanol–water partition coefficient (Wildman–Crippen LogP) is 2.29. The molecule has 2 amide bonds. The number of benzene rings is 1. The van der Waals surface area contributed by atoms with Gasteiger partial charge in [0, 0.05) is 30.3 Å². The summed E-state index contributed by atoms with van der Waals surface area (Å²) in [6.45, 7) is 2.82. The van der Waals surface area contributed by atoms with Gasteiger partial charge in [-0.25, -0.2) is 0 Å². The van der Waals surface area contributed by atoms with Crippen LogP contribution in [-0.4, -0.2) is 54.3 Å². The van der Waals surface area contributed by atoms with E-state index < -0.39 is 6.04 Å². The summed E-state index contributed by atoms with van der Waals surface area (Å²) in [5.74, 6) is 0.408. The fourth-order valence-electron chi connectivity index (χ4n) is 4.77. The molecule has 1 saturated heterocycles. The molecule has 32 heavy (non-hydrogen) atoms. The lowest BCUT2D eigenvalue weighted by molar-refractivity contribution is -0.143. The van der Waals surface area contributed by atoms with Gasteiger partial charge in [0.25, 0.3) is 0 Å². The van der Waals surface area contributed by atoms with Gasteiger partial charge in [-0.2, -0.15) is 0 Å². The van der Waals surface area contributed by atoms with E-state index in [0.717, 1.165) is 31.2 Å². The van der Waals surface area contributed by atoms with Gasteiger partial charge in [0.2, 0.25) is 11.8 Å². The minimum absolute atomic E-state index is 0.0128. The van der Waals surface area contributed by atoms with E-state index in [1.54, 1.807) is 30.2 Å². The number of amidine groups is 1. The summed E-state index contributed by atoms with van der Waals surface area (Å²) in [5.41, 5.74) is 6.92. The number of likely N-dealkylation sites (tertiary alicyclic amines) is 1. The van der Waals surface area contributed by atoms with E-state index in [-0.39, 0.29) is 30.2 Å². The number of amides is 2. The third kappa shape index (κ3) is 6.00. The van der Waals surface area contributed by atoms with Gasteiger partial charge in [-0.3, -0.25) is 15.0 Å². The molecule has 2 atom stereocenters. The highest BCUT2D eigenvalue weighted by atomic mass is 16.5. The summed E-state index contributed by atoms with van der Waals surface area (Å²) < 4.78 is 5.40. The second-order valence-corrected chi connectivity index (χ2v) is 8.92. The molecule has 176 valence electrons. The molecule has 0 spiro atoms. The van der Waals surface area contributed by atoms with Crippen LogP contribution in [0.2, 0.25) is 0 Å². The highest BCUT2D eigenvalue weighted by molar-refractivity contribution is 5.95. The van der Waals surface area contributed by atoms with E-state index in [9.17, 15) is 9.59 Å². The van der Waals surface area contributed by atoms with Gasteiger partial charge in [0.1, 0.15) is 17.6 Å². The molecule has 5 N–H and O–H groups in total. The molecule has 2 aliphatic rings. The maximum absolute atomic E-state index is 13.2. The van der Waals surface area contributed by atoms with Crippen molar-refractivity contribution >= 4 is 17.6 Å². The van der Waals surface area contributed by atoms with Gasteiger partial charge in [0.05, 0.1) is 13.2 Å². The number of ether oxygens (including phenoxy) is 1. The molecule has 1 unspecified atom stereocenters. The molecule has 1 aliphatic carbocycles. The average molecular weight is 444 g/mol. The second kappa shape index (κ2) is 11.3. The van der Waals surface area contributed by atoms with Crippen molar-refractivity contribution in [3.05, 3.63) is 29.3 Å². The molecule has 1 aromatic rings. The summed E-state index contributed by atoms with van der Waals surface area (Å²) >= 11 is 0. The van der Waals surface area contributed by atoms with Crippen molar-refractivity contribution in [1.29, 1.82) is 5.41 Å². The van der Waals surface area contributed by atoms with Crippen molar-refractivity contribution in [3.63, 3.8) is 0 Å². The maximum Gasteiger partial charge on any atom is 0.243 e. The van der Waals surface area contributed by atoms with Crippen LogP contribution in [0.5, 0.6) is 5.75 Å². The number of nitrogens with two attached hydrogens (primary N) is 1. The smallest absolute Gasteiger partial charge is 0.243 e. The Morgan fingerprint density at radius 2 is 1.91 bits per heavy atom. The van der Waals surface area contributed by atoms with Crippen LogP contribution in [-0.2, 0) is 16.1 Å². The van der Waals surface area contributed by atoms with Crippen molar-refractivity contribution in [2.45, 2.75) is 83.0 Å². The van der Waals surface area contributed by atoms with Crippen molar-refractivity contribution in [1.82, 2.24) is 15.5 Å². The number of nitrogen functional groups attached to an aromatic ring is 1. The zero-order valence-electron chi connectivity index (χ0n) is 19.3. The quantitative estimate of drug-likeness (QED) is 0.363. The van der Waals surface area contributed by atoms with Gasteiger partial charge < -0.3 is 26.0 Å². The Bertz CT molecular complexity index is 822. The van der Waals surface area contributed by atoms with Crippen LogP contribution in [0.4, 0.5) is 0 Å². The number of methoxy groups -OCH3 is 1. The van der Waals surface area contributed by atoms with E-state index in [1.807, 2.05) is 6.92 Å². The molecule has 1 saturated carbocycles. The number of hydrogen-bond donors (Lipinski definition) is 4. The molecule has 8 nitrogen and oxygen atoms in total. The molecule has 3 rings (SSSR count). The van der Waals surface area contributed by atoms with Gasteiger partial charge in [-0.1, -0.05) is 31.4 Å². The van der Waals surface area contributed by atoms with Crippen LogP contribution in [0.25, 0.3) is 0 Å². The third-order valence-electron chi connectivity index (χ3n) is 6.60. The van der Waals surface area contributed by atoms with Crippen molar-refractivity contribution in [2.75, 3.05) is 13.7 Å². The minimum Gasteiger partial charge on any atom is -0.496 e. The van der Waals surface area contributed by atoms with Crippen molar-refractivity contribution in [2.24, 2.45) is 5.73 Å². The molecule has 0 aromatic heterocycles. The molecule has 1 aliphatic heterocycles. The van der Waals surface area contributed by atoms with Crippen LogP contribution in [0.1, 0.15) is 69.4 Å². The Balaban J connectivity index is 1.61. The summed E-state index contributed by atoms with van der Waals surface area (Å²) in [4.78, 5) is 28.0. The SMILES string of the molecule is COc1cc(C(=N)N)ccc1CNC(=O)C1CCCCN1C(=O)[C@H](C)NC1CCCCC1. The zero-order chi connectivity index (χ0) is 23.1. The molecule has 2 fully saturated rings. The molecular weight excluding hydrogens is 406 g/mol. The molecule has 8 heteroatoms. The summed E-state index contributed by atoms with van der Waals surface area (Å²) in [6.07, 6.45) is 8.46. The molecule has 1 heterocycles. The maximum atomic E-state index is 13.2. The fraction of sp³-hybridized carbons (Fsp3) is 0.625. The lowest BCUT2D eigenvalue weighted by atomic mass is 9.94. The van der Waals surface area contributed by atoms with Gasteiger partial charge >= 0.3 is 0 Å². The topological polar surface area (TPSA) is 121 Å². The lowest BCUT2D eigenvalue weighted by Gasteiger charge is -2.37. The van der Waals surface area contributed by atoms with Crippen LogP contribution in [0, 0.1) is 5.41 Å². The Kier molecular flexibility index (Phi) is 8.50. The Labute approximate surface area is 190 Å². The van der Waals surface area contributed by atoms with Gasteiger partial charge in [-0.15, -0.1) is 0 Å². The van der Waals surface area contributed by atoms with E-state index in [1.165, 1.54) is 19.3 Å². The lowest BCUT2D eigenvalue weighted by Crippen LogP contribution is -2.57. The van der Waals surface area contributed by atoms with Crippen LogP contribution < -0.4 is 21.1 Å². The molecule has 0 radical (unpaired) electrons. The first kappa shape index (κ1) is 24.0. The minimum atomic E-state index is -0.450. The Morgan fingerprint density at radius 1 is 1.19 bits per heavy atom. The molecule has 0 bridgehead atoms. The average Bonchev–Trinajstić information content (AvgIpc) is 2.82. The largest absolute Gasteiger partial charge is 0.496 e. The Hall–Kier alpha value is -2.61. The fourth-order valence-corrected chi connectivity index (χ4v) is 4.77. The highest BCUT2D eigenvalue weighted by Crippen LogP contribution is 2.23. The van der Waals surface area contributed by atoms with Crippen LogP contribution >= 0.6 is 0 Å². The monoisotopic (exact) mass is 443 g/mol. The summed E-state index contributed by atoms with van der Waals surface area (Å²) in [6, 6.07) is 4.89. The normalized spacial score (nSPS) is 20.4. The number of carbonyl (C=O) groups excluding carboxylic acids is 2. The van der Waals surface area contributed by atoms with Gasteiger partial charge in [-0.05, 0) is 45.1 Å². The number of rotatable bonds is 8. The summed E-state index contributed by atoms with van der Waals surface area (Å²) in [7, 11) is 1.55. The number of hydrogen-bond acceptors (Lipinski definition) is 5. The second-order valence-electron chi connectivity index (χ2n) is 8.92. The molecular formula is C24H37N5O3. The number of piperidine rings is 1. The number of nitrogens with one attached hydrogen (secondary N) is 3. The van der Waals surface area contributed by atoms with Crippen molar-refractivity contribution in [3.8, 4) is 5.75 Å². The highest BCUT2D eigenvalue weighted by Gasteiger charge is 2.34. The first-order chi connectivity index (χ1) is 15.4. The predicted molar refractivity (Wildman–Crippen MR) is 125 cm³/mol. The zero-order valence-corrected chi connectivity index (χ0v) is 19.3. The van der Waals surface area contributed by atoms with Crippen molar-refractivity contribution < 1.29 is 14.3 Å². The van der Waals surface area contributed by atoms with Crippen LogP contribution in [0.15, 0.2) is 18.2 Å². The first-order valence-corrected chi connectivity index (χ1v) is 11.8. The van der Waals surface area contributed by atoms with E-state index in [0.29, 0.717) is 30.3 Å². The number of carbonyl (C=O) groups is 2. The molecule has 1 aromatic carbocycles. The van der Waals surface area contributed by atoms with E-state index in [2.05, 4.69) is 10.6 Å². The third-order valence-corrected chi connectivity index (χ3v) is 6.60. The Morgan fingerprint density at radius 3 is 2.59 bits per heavy atom. The van der Waals surface area contributed by atoms with E-state index >= 15 is 0 Å².